The van der Waals surface area contributed by atoms with Gasteiger partial charge in [-0.25, -0.2) is 0 Å². The molecule has 238 valence electrons. The van der Waals surface area contributed by atoms with Crippen LogP contribution in [0.2, 0.25) is 0 Å². The number of aromatic nitrogens is 1. The van der Waals surface area contributed by atoms with Gasteiger partial charge in [0.15, 0.2) is 0 Å². The molecule has 2 saturated heterocycles. The third-order valence-electron chi connectivity index (χ3n) is 11.1. The van der Waals surface area contributed by atoms with Crippen molar-refractivity contribution in [3.63, 3.8) is 0 Å². The zero-order valence-electron chi connectivity index (χ0n) is 26.7. The third kappa shape index (κ3) is 6.38. The molecule has 0 spiro atoms. The van der Waals surface area contributed by atoms with E-state index in [0.717, 1.165) is 67.7 Å². The van der Waals surface area contributed by atoms with Crippen LogP contribution in [-0.4, -0.2) is 83.6 Å². The van der Waals surface area contributed by atoms with Gasteiger partial charge in [0.2, 0.25) is 0 Å². The SMILES string of the molecule is CN1CC(NC(=O)c2cccc([C@@H](CCNC(=O)c3ccc4nc5c(cc4c3)C[C@@H](C3(C)CC3)CC5)N3CCC[C@H]3CO)c2)C1. The van der Waals surface area contributed by atoms with Crippen molar-refractivity contribution in [2.24, 2.45) is 11.3 Å². The van der Waals surface area contributed by atoms with Gasteiger partial charge in [-0.15, -0.1) is 0 Å². The van der Waals surface area contributed by atoms with E-state index in [-0.39, 0.29) is 36.5 Å². The maximum Gasteiger partial charge on any atom is 0.251 e. The molecule has 0 unspecified atom stereocenters. The summed E-state index contributed by atoms with van der Waals surface area (Å²) in [6.45, 7) is 5.65. The van der Waals surface area contributed by atoms with Gasteiger partial charge in [0, 0.05) is 53.9 Å². The number of pyridine rings is 1. The minimum atomic E-state index is -0.0875. The molecule has 2 aromatic carbocycles. The van der Waals surface area contributed by atoms with Gasteiger partial charge in [-0.05, 0) is 124 Å². The van der Waals surface area contributed by atoms with Gasteiger partial charge in [0.05, 0.1) is 18.2 Å². The Hall–Kier alpha value is -3.33. The monoisotopic (exact) mass is 609 g/mol. The number of carbonyl (C=O) groups is 2. The number of nitrogens with zero attached hydrogens (tertiary/aromatic N) is 3. The number of benzene rings is 2. The van der Waals surface area contributed by atoms with E-state index in [0.29, 0.717) is 29.5 Å². The van der Waals surface area contributed by atoms with Gasteiger partial charge in [-0.3, -0.25) is 19.5 Å². The smallest absolute Gasteiger partial charge is 0.251 e. The topological polar surface area (TPSA) is 97.8 Å². The van der Waals surface area contributed by atoms with Crippen LogP contribution < -0.4 is 10.6 Å². The van der Waals surface area contributed by atoms with E-state index in [1.807, 2.05) is 43.4 Å². The summed E-state index contributed by atoms with van der Waals surface area (Å²) in [4.78, 5) is 35.9. The van der Waals surface area contributed by atoms with E-state index >= 15 is 0 Å². The van der Waals surface area contributed by atoms with E-state index in [4.69, 9.17) is 4.98 Å². The molecule has 3 N–H and O–H groups in total. The van der Waals surface area contributed by atoms with Crippen LogP contribution in [0.5, 0.6) is 0 Å². The number of aryl methyl sites for hydroxylation is 1. The summed E-state index contributed by atoms with van der Waals surface area (Å²) in [5, 5.41) is 17.5. The largest absolute Gasteiger partial charge is 0.395 e. The van der Waals surface area contributed by atoms with E-state index in [9.17, 15) is 14.7 Å². The Bertz CT molecular complexity index is 1580. The number of fused-ring (bicyclic) bond motifs is 2. The van der Waals surface area contributed by atoms with E-state index < -0.39 is 0 Å². The van der Waals surface area contributed by atoms with Crippen LogP contribution in [0.1, 0.15) is 89.0 Å². The summed E-state index contributed by atoms with van der Waals surface area (Å²) in [6.07, 6.45) is 8.72. The first-order valence-electron chi connectivity index (χ1n) is 17.0. The predicted octanol–water partition coefficient (Wildman–Crippen LogP) is 4.50. The summed E-state index contributed by atoms with van der Waals surface area (Å²) in [5.41, 5.74) is 6.40. The first kappa shape index (κ1) is 30.3. The molecule has 3 atom stereocenters. The molecule has 3 aromatic rings. The molecule has 45 heavy (non-hydrogen) atoms. The Morgan fingerprint density at radius 1 is 1.07 bits per heavy atom. The van der Waals surface area contributed by atoms with E-state index in [2.05, 4.69) is 39.5 Å². The van der Waals surface area contributed by atoms with Gasteiger partial charge in [0.1, 0.15) is 0 Å². The molecule has 8 heteroatoms. The standard InChI is InChI=1S/C37H47N5O3/c1-37(13-14-37)29-9-11-33-28(20-29)19-27-18-26(8-10-32(27)40-33)35(44)38-15-12-34(42-16-4-7-31(42)23-43)24-5-3-6-25(17-24)36(45)39-30-21-41(2)22-30/h3,5-6,8,10,17-19,29-31,34,43H,4,7,9,11-16,20-23H2,1-2H3,(H,38,44)(H,39,45)/t29-,31-,34+/m0/s1. The molecule has 0 bridgehead atoms. The van der Waals surface area contributed by atoms with Gasteiger partial charge < -0.3 is 20.6 Å². The van der Waals surface area contributed by atoms with E-state index in [1.54, 1.807) is 0 Å². The summed E-state index contributed by atoms with van der Waals surface area (Å²) < 4.78 is 0. The Morgan fingerprint density at radius 2 is 1.89 bits per heavy atom. The Balaban J connectivity index is 1.04. The molecule has 0 radical (unpaired) electrons. The van der Waals surface area contributed by atoms with Gasteiger partial charge in [0.25, 0.3) is 11.8 Å². The van der Waals surface area contributed by atoms with Crippen LogP contribution in [0.3, 0.4) is 0 Å². The van der Waals surface area contributed by atoms with Crippen LogP contribution >= 0.6 is 0 Å². The zero-order chi connectivity index (χ0) is 31.1. The van der Waals surface area contributed by atoms with E-state index in [1.165, 1.54) is 30.5 Å². The van der Waals surface area contributed by atoms with Crippen molar-refractivity contribution in [3.8, 4) is 0 Å². The Morgan fingerprint density at radius 3 is 2.67 bits per heavy atom. The van der Waals surface area contributed by atoms with Crippen LogP contribution in [0, 0.1) is 11.3 Å². The number of likely N-dealkylation sites (tertiary alicyclic amines) is 2. The van der Waals surface area contributed by atoms with Crippen molar-refractivity contribution in [2.75, 3.05) is 39.8 Å². The third-order valence-corrected chi connectivity index (χ3v) is 11.1. The molecule has 3 heterocycles. The number of hydrogen-bond acceptors (Lipinski definition) is 6. The fourth-order valence-electron chi connectivity index (χ4n) is 8.03. The zero-order valence-corrected chi connectivity index (χ0v) is 26.7. The fraction of sp³-hybridized carbons (Fsp3) is 0.541. The first-order valence-corrected chi connectivity index (χ1v) is 17.0. The molecule has 2 aliphatic carbocycles. The highest BCUT2D eigenvalue weighted by Crippen LogP contribution is 2.55. The lowest BCUT2D eigenvalue weighted by molar-refractivity contribution is 0.0856. The molecule has 4 aliphatic rings. The van der Waals surface area contributed by atoms with Crippen molar-refractivity contribution in [3.05, 3.63) is 76.5 Å². The van der Waals surface area contributed by atoms with Crippen LogP contribution in [0.4, 0.5) is 0 Å². The second-order valence-corrected chi connectivity index (χ2v) is 14.4. The summed E-state index contributed by atoms with van der Waals surface area (Å²) in [7, 11) is 2.05. The lowest BCUT2D eigenvalue weighted by atomic mass is 9.77. The Labute approximate surface area is 266 Å². The maximum absolute atomic E-state index is 13.4. The lowest BCUT2D eigenvalue weighted by Crippen LogP contribution is -2.57. The molecule has 7 rings (SSSR count). The van der Waals surface area contributed by atoms with Crippen molar-refractivity contribution in [1.29, 1.82) is 0 Å². The highest BCUT2D eigenvalue weighted by molar-refractivity contribution is 5.98. The number of rotatable bonds is 10. The number of amides is 2. The maximum atomic E-state index is 13.4. The number of aliphatic hydroxyl groups excluding tert-OH is 1. The number of aliphatic hydroxyl groups is 1. The van der Waals surface area contributed by atoms with Crippen molar-refractivity contribution >= 4 is 22.7 Å². The van der Waals surface area contributed by atoms with Crippen LogP contribution in [0.15, 0.2) is 48.5 Å². The average molecular weight is 610 g/mol. The lowest BCUT2D eigenvalue weighted by Gasteiger charge is -2.36. The highest BCUT2D eigenvalue weighted by Gasteiger charge is 2.45. The normalized spacial score (nSPS) is 23.7. The number of hydrogen-bond donors (Lipinski definition) is 3. The van der Waals surface area contributed by atoms with Gasteiger partial charge in [-0.1, -0.05) is 19.1 Å². The number of carbonyl (C=O) groups excluding carboxylic acids is 2. The van der Waals surface area contributed by atoms with Crippen molar-refractivity contribution in [1.82, 2.24) is 25.4 Å². The molecule has 1 saturated carbocycles. The van der Waals surface area contributed by atoms with Gasteiger partial charge in [-0.2, -0.15) is 0 Å². The Kier molecular flexibility index (Phi) is 8.40. The molecular formula is C37H47N5O3. The second-order valence-electron chi connectivity index (χ2n) is 14.4. The van der Waals surface area contributed by atoms with Crippen molar-refractivity contribution in [2.45, 2.75) is 76.4 Å². The number of nitrogens with one attached hydrogen (secondary N) is 2. The van der Waals surface area contributed by atoms with Crippen LogP contribution in [-0.2, 0) is 12.8 Å². The summed E-state index contributed by atoms with van der Waals surface area (Å²) >= 11 is 0. The van der Waals surface area contributed by atoms with Gasteiger partial charge >= 0.3 is 0 Å². The van der Waals surface area contributed by atoms with Crippen molar-refractivity contribution < 1.29 is 14.7 Å². The minimum absolute atomic E-state index is 0.0128. The van der Waals surface area contributed by atoms with Crippen LogP contribution in [0.25, 0.3) is 10.9 Å². The second kappa shape index (κ2) is 12.5. The molecule has 8 nitrogen and oxygen atoms in total. The molecular weight excluding hydrogens is 562 g/mol. The molecule has 2 amide bonds. The molecule has 1 aromatic heterocycles. The highest BCUT2D eigenvalue weighted by atomic mass is 16.3. The predicted molar refractivity (Wildman–Crippen MR) is 176 cm³/mol. The fourth-order valence-corrected chi connectivity index (χ4v) is 8.03. The first-order chi connectivity index (χ1) is 21.8. The summed E-state index contributed by atoms with van der Waals surface area (Å²) in [5.74, 6) is 0.603. The molecule has 2 aliphatic heterocycles. The molecule has 3 fully saturated rings. The quantitative estimate of drug-likeness (QED) is 0.313. The average Bonchev–Trinajstić information content (AvgIpc) is 3.62. The minimum Gasteiger partial charge on any atom is -0.395 e. The summed E-state index contributed by atoms with van der Waals surface area (Å²) in [6, 6.07) is 16.3. The number of likely N-dealkylation sites (N-methyl/N-ethyl adjacent to an activating group) is 1.